The molecular weight excluding hydrogens is 486 g/mol. The number of ether oxygens (including phenoxy) is 2. The highest BCUT2D eigenvalue weighted by Crippen LogP contribution is 2.27. The maximum atomic E-state index is 12.8. The normalized spacial score (nSPS) is 14.5. The molecular formula is C25H29N3O5S2. The lowest BCUT2D eigenvalue weighted by molar-refractivity contribution is 0.0730. The SMILES string of the molecule is CCCCCOc1ccc(C(=O)Nc2nc(-c3ccc(S(=O)(=O)N4CCOCC4)cc3)cs2)cc1. The number of sulfonamides is 1. The summed E-state index contributed by atoms with van der Waals surface area (Å²) in [4.78, 5) is 17.3. The molecule has 1 saturated heterocycles. The molecule has 1 N–H and O–H groups in total. The van der Waals surface area contributed by atoms with Gasteiger partial charge >= 0.3 is 0 Å². The lowest BCUT2D eigenvalue weighted by Gasteiger charge is -2.26. The molecule has 1 aliphatic rings. The van der Waals surface area contributed by atoms with E-state index in [-0.39, 0.29) is 10.8 Å². The third-order valence-corrected chi connectivity index (χ3v) is 8.29. The molecule has 0 atom stereocenters. The van der Waals surface area contributed by atoms with E-state index in [1.54, 1.807) is 48.5 Å². The van der Waals surface area contributed by atoms with Crippen molar-refractivity contribution >= 4 is 32.4 Å². The Bertz CT molecular complexity index is 1220. The summed E-state index contributed by atoms with van der Waals surface area (Å²) in [7, 11) is -3.54. The summed E-state index contributed by atoms with van der Waals surface area (Å²) in [6.45, 7) is 4.33. The Morgan fingerprint density at radius 2 is 1.80 bits per heavy atom. The molecule has 8 nitrogen and oxygen atoms in total. The Kier molecular flexibility index (Phi) is 8.50. The van der Waals surface area contributed by atoms with Crippen LogP contribution in [0.1, 0.15) is 36.5 Å². The minimum Gasteiger partial charge on any atom is -0.494 e. The van der Waals surface area contributed by atoms with Gasteiger partial charge in [0, 0.05) is 29.6 Å². The number of hydrogen-bond donors (Lipinski definition) is 1. The number of amides is 1. The maximum Gasteiger partial charge on any atom is 0.257 e. The number of anilines is 1. The Hall–Kier alpha value is -2.79. The molecule has 1 amide bonds. The minimum atomic E-state index is -3.54. The van der Waals surface area contributed by atoms with Crippen molar-refractivity contribution in [2.75, 3.05) is 38.2 Å². The first-order valence-corrected chi connectivity index (χ1v) is 14.0. The molecule has 2 aromatic carbocycles. The van der Waals surface area contributed by atoms with Crippen LogP contribution in [0.3, 0.4) is 0 Å². The Balaban J connectivity index is 1.36. The van der Waals surface area contributed by atoms with Gasteiger partial charge in [-0.2, -0.15) is 4.31 Å². The van der Waals surface area contributed by atoms with Crippen LogP contribution in [0.5, 0.6) is 5.75 Å². The van der Waals surface area contributed by atoms with E-state index in [1.165, 1.54) is 15.6 Å². The molecule has 0 radical (unpaired) electrons. The van der Waals surface area contributed by atoms with Crippen LogP contribution >= 0.6 is 11.3 Å². The fraction of sp³-hybridized carbons (Fsp3) is 0.360. The molecule has 0 unspecified atom stereocenters. The zero-order chi connectivity index (χ0) is 24.7. The highest BCUT2D eigenvalue weighted by molar-refractivity contribution is 7.89. The molecule has 35 heavy (non-hydrogen) atoms. The average molecular weight is 516 g/mol. The third kappa shape index (κ3) is 6.46. The quantitative estimate of drug-likeness (QED) is 0.395. The van der Waals surface area contributed by atoms with Crippen molar-refractivity contribution in [3.63, 3.8) is 0 Å². The first kappa shape index (κ1) is 25.3. The smallest absolute Gasteiger partial charge is 0.257 e. The number of carbonyl (C=O) groups is 1. The lowest BCUT2D eigenvalue weighted by atomic mass is 10.2. The number of hydrogen-bond acceptors (Lipinski definition) is 7. The van der Waals surface area contributed by atoms with E-state index >= 15 is 0 Å². The maximum absolute atomic E-state index is 12.8. The second-order valence-electron chi connectivity index (χ2n) is 8.11. The highest BCUT2D eigenvalue weighted by atomic mass is 32.2. The van der Waals surface area contributed by atoms with E-state index in [0.717, 1.165) is 30.6 Å². The number of morpholine rings is 1. The highest BCUT2D eigenvalue weighted by Gasteiger charge is 2.26. The van der Waals surface area contributed by atoms with Gasteiger partial charge in [-0.25, -0.2) is 13.4 Å². The molecule has 1 fully saturated rings. The van der Waals surface area contributed by atoms with Crippen molar-refractivity contribution in [3.8, 4) is 17.0 Å². The number of unbranched alkanes of at least 4 members (excludes halogenated alkanes) is 2. The molecule has 1 aliphatic heterocycles. The van der Waals surface area contributed by atoms with Crippen LogP contribution in [0, 0.1) is 0 Å². The summed E-state index contributed by atoms with van der Waals surface area (Å²) in [6, 6.07) is 13.7. The second kappa shape index (κ2) is 11.8. The van der Waals surface area contributed by atoms with Gasteiger partial charge in [-0.15, -0.1) is 11.3 Å². The molecule has 186 valence electrons. The number of aromatic nitrogens is 1. The first-order valence-electron chi connectivity index (χ1n) is 11.7. The van der Waals surface area contributed by atoms with Crippen LogP contribution in [0.2, 0.25) is 0 Å². The molecule has 3 aromatic rings. The van der Waals surface area contributed by atoms with E-state index in [1.807, 2.05) is 5.38 Å². The standard InChI is InChI=1S/C25H29N3O5S2/c1-2-3-4-15-33-21-9-5-20(6-10-21)24(29)27-25-26-23(18-34-25)19-7-11-22(12-8-19)35(30,31)28-13-16-32-17-14-28/h5-12,18H,2-4,13-17H2,1H3,(H,26,27,29). The Labute approximate surface area is 210 Å². The fourth-order valence-electron chi connectivity index (χ4n) is 3.61. The van der Waals surface area contributed by atoms with Gasteiger partial charge in [0.15, 0.2) is 5.13 Å². The number of thiazole rings is 1. The van der Waals surface area contributed by atoms with Crippen LogP contribution in [-0.4, -0.2) is 56.5 Å². The van der Waals surface area contributed by atoms with Crippen LogP contribution in [0.25, 0.3) is 11.3 Å². The molecule has 2 heterocycles. The molecule has 0 spiro atoms. The van der Waals surface area contributed by atoms with Gasteiger partial charge in [-0.3, -0.25) is 10.1 Å². The van der Waals surface area contributed by atoms with Gasteiger partial charge in [0.2, 0.25) is 10.0 Å². The van der Waals surface area contributed by atoms with E-state index in [2.05, 4.69) is 17.2 Å². The van der Waals surface area contributed by atoms with Crippen molar-refractivity contribution in [2.45, 2.75) is 31.1 Å². The summed E-state index contributed by atoms with van der Waals surface area (Å²) in [5.41, 5.74) is 1.95. The Morgan fingerprint density at radius 1 is 1.09 bits per heavy atom. The van der Waals surface area contributed by atoms with Crippen molar-refractivity contribution in [1.29, 1.82) is 0 Å². The molecule has 0 bridgehead atoms. The third-order valence-electron chi connectivity index (χ3n) is 5.62. The summed E-state index contributed by atoms with van der Waals surface area (Å²) < 4.78 is 38.0. The Morgan fingerprint density at radius 3 is 2.49 bits per heavy atom. The summed E-state index contributed by atoms with van der Waals surface area (Å²) in [6.07, 6.45) is 3.29. The van der Waals surface area contributed by atoms with E-state index < -0.39 is 10.0 Å². The fourth-order valence-corrected chi connectivity index (χ4v) is 5.73. The van der Waals surface area contributed by atoms with Gasteiger partial charge in [0.25, 0.3) is 5.91 Å². The van der Waals surface area contributed by atoms with Gasteiger partial charge in [-0.1, -0.05) is 31.9 Å². The number of nitrogens with one attached hydrogen (secondary N) is 1. The first-order chi connectivity index (χ1) is 17.0. The number of nitrogens with zero attached hydrogens (tertiary/aromatic N) is 2. The lowest BCUT2D eigenvalue weighted by Crippen LogP contribution is -2.40. The van der Waals surface area contributed by atoms with E-state index in [4.69, 9.17) is 9.47 Å². The second-order valence-corrected chi connectivity index (χ2v) is 10.9. The van der Waals surface area contributed by atoms with Crippen LogP contribution in [0.15, 0.2) is 58.8 Å². The van der Waals surface area contributed by atoms with Crippen molar-refractivity contribution in [3.05, 3.63) is 59.5 Å². The number of rotatable bonds is 10. The zero-order valence-electron chi connectivity index (χ0n) is 19.6. The molecule has 4 rings (SSSR count). The van der Waals surface area contributed by atoms with Crippen LogP contribution in [0.4, 0.5) is 5.13 Å². The van der Waals surface area contributed by atoms with Crippen molar-refractivity contribution in [2.24, 2.45) is 0 Å². The van der Waals surface area contributed by atoms with Gasteiger partial charge in [0.05, 0.1) is 30.4 Å². The minimum absolute atomic E-state index is 0.240. The molecule has 10 heteroatoms. The topological polar surface area (TPSA) is 97.8 Å². The van der Waals surface area contributed by atoms with E-state index in [0.29, 0.717) is 49.3 Å². The van der Waals surface area contributed by atoms with Gasteiger partial charge < -0.3 is 9.47 Å². The van der Waals surface area contributed by atoms with Crippen LogP contribution < -0.4 is 10.1 Å². The number of carbonyl (C=O) groups excluding carboxylic acids is 1. The van der Waals surface area contributed by atoms with Crippen molar-refractivity contribution in [1.82, 2.24) is 9.29 Å². The number of benzene rings is 2. The average Bonchev–Trinajstić information content (AvgIpc) is 3.36. The monoisotopic (exact) mass is 515 g/mol. The largest absolute Gasteiger partial charge is 0.494 e. The summed E-state index contributed by atoms with van der Waals surface area (Å²) in [5, 5.41) is 5.11. The van der Waals surface area contributed by atoms with Gasteiger partial charge in [0.1, 0.15) is 5.75 Å². The van der Waals surface area contributed by atoms with Gasteiger partial charge in [-0.05, 0) is 42.8 Å². The zero-order valence-corrected chi connectivity index (χ0v) is 21.2. The van der Waals surface area contributed by atoms with E-state index in [9.17, 15) is 13.2 Å². The molecule has 1 aromatic heterocycles. The predicted octanol–water partition coefficient (Wildman–Crippen LogP) is 4.65. The van der Waals surface area contributed by atoms with Crippen molar-refractivity contribution < 1.29 is 22.7 Å². The van der Waals surface area contributed by atoms with Crippen LogP contribution in [-0.2, 0) is 14.8 Å². The summed E-state index contributed by atoms with van der Waals surface area (Å²) in [5.74, 6) is 0.489. The molecule has 0 saturated carbocycles. The predicted molar refractivity (Wildman–Crippen MR) is 137 cm³/mol. The summed E-state index contributed by atoms with van der Waals surface area (Å²) >= 11 is 1.31. The molecule has 0 aliphatic carbocycles.